The van der Waals surface area contributed by atoms with E-state index in [1.165, 1.54) is 17.0 Å². The molecule has 0 saturated carbocycles. The molecule has 1 fully saturated rings. The van der Waals surface area contributed by atoms with Gasteiger partial charge in [0.15, 0.2) is 5.11 Å². The molecule has 6 heteroatoms. The lowest BCUT2D eigenvalue weighted by Crippen LogP contribution is -2.31. The van der Waals surface area contributed by atoms with E-state index in [-0.39, 0.29) is 18.7 Å². The number of nitrogens with zero attached hydrogens (tertiary/aromatic N) is 3. The minimum absolute atomic E-state index is 0.0119. The van der Waals surface area contributed by atoms with Crippen LogP contribution in [0.4, 0.5) is 0 Å². The summed E-state index contributed by atoms with van der Waals surface area (Å²) in [6, 6.07) is 8.29. The Bertz CT molecular complexity index is 728. The molecule has 0 aliphatic carbocycles. The highest BCUT2D eigenvalue weighted by atomic mass is 32.1. The second-order valence-electron chi connectivity index (χ2n) is 6.28. The van der Waals surface area contributed by atoms with Gasteiger partial charge in [0.1, 0.15) is 0 Å². The van der Waals surface area contributed by atoms with Gasteiger partial charge in [-0.2, -0.15) is 0 Å². The van der Waals surface area contributed by atoms with Crippen LogP contribution in [0.2, 0.25) is 0 Å². The largest absolute Gasteiger partial charge is 0.396 e. The average molecular weight is 344 g/mol. The van der Waals surface area contributed by atoms with Gasteiger partial charge in [-0.15, -0.1) is 0 Å². The van der Waals surface area contributed by atoms with Crippen LogP contribution in [-0.4, -0.2) is 37.8 Å². The molecule has 0 spiro atoms. The first-order valence-electron chi connectivity index (χ1n) is 8.26. The van der Waals surface area contributed by atoms with Crippen molar-refractivity contribution in [2.45, 2.75) is 32.4 Å². The molecule has 2 aromatic rings. The maximum absolute atomic E-state index is 9.25. The van der Waals surface area contributed by atoms with E-state index >= 15 is 0 Å². The van der Waals surface area contributed by atoms with Crippen LogP contribution in [0.1, 0.15) is 41.1 Å². The van der Waals surface area contributed by atoms with E-state index in [2.05, 4.69) is 46.7 Å². The van der Waals surface area contributed by atoms with Gasteiger partial charge < -0.3 is 19.9 Å². The Morgan fingerprint density at radius 2 is 2.12 bits per heavy atom. The zero-order chi connectivity index (χ0) is 17.3. The normalized spacial score (nSPS) is 20.5. The Balaban J connectivity index is 2.05. The van der Waals surface area contributed by atoms with Crippen LogP contribution in [0.3, 0.4) is 0 Å². The molecule has 128 valence electrons. The van der Waals surface area contributed by atoms with E-state index in [9.17, 15) is 5.11 Å². The van der Waals surface area contributed by atoms with Gasteiger partial charge in [0.2, 0.25) is 0 Å². The number of nitrogens with one attached hydrogen (secondary N) is 1. The van der Waals surface area contributed by atoms with E-state index in [0.29, 0.717) is 6.42 Å². The number of hydrogen-bond acceptors (Lipinski definition) is 3. The van der Waals surface area contributed by atoms with Crippen LogP contribution in [0, 0.1) is 13.8 Å². The third-order valence-corrected chi connectivity index (χ3v) is 5.24. The van der Waals surface area contributed by atoms with Crippen LogP contribution in [0.5, 0.6) is 0 Å². The molecule has 1 saturated heterocycles. The Hall–Kier alpha value is -1.92. The fourth-order valence-corrected chi connectivity index (χ4v) is 3.74. The van der Waals surface area contributed by atoms with Gasteiger partial charge in [-0.05, 0) is 56.2 Å². The van der Waals surface area contributed by atoms with Gasteiger partial charge in [0.05, 0.1) is 17.8 Å². The van der Waals surface area contributed by atoms with E-state index in [1.54, 1.807) is 0 Å². The molecule has 0 bridgehead atoms. The summed E-state index contributed by atoms with van der Waals surface area (Å²) in [5.41, 5.74) is 4.70. The second-order valence-corrected chi connectivity index (χ2v) is 6.67. The lowest BCUT2D eigenvalue weighted by Gasteiger charge is -2.27. The molecule has 2 N–H and O–H groups in total. The zero-order valence-electron chi connectivity index (χ0n) is 14.4. The Morgan fingerprint density at radius 1 is 1.33 bits per heavy atom. The first-order valence-corrected chi connectivity index (χ1v) is 8.67. The van der Waals surface area contributed by atoms with Gasteiger partial charge in [0.25, 0.3) is 0 Å². The van der Waals surface area contributed by atoms with Gasteiger partial charge >= 0.3 is 0 Å². The third kappa shape index (κ3) is 2.91. The molecular formula is C18H24N4OS. The molecule has 24 heavy (non-hydrogen) atoms. The van der Waals surface area contributed by atoms with Gasteiger partial charge in [0, 0.05) is 37.8 Å². The van der Waals surface area contributed by atoms with Crippen LogP contribution in [0.25, 0.3) is 0 Å². The highest BCUT2D eigenvalue weighted by molar-refractivity contribution is 7.80. The predicted molar refractivity (Wildman–Crippen MR) is 98.7 cm³/mol. The quantitative estimate of drug-likeness (QED) is 0.816. The molecule has 5 nitrogen and oxygen atoms in total. The van der Waals surface area contributed by atoms with E-state index in [1.807, 2.05) is 24.4 Å². The Morgan fingerprint density at radius 3 is 2.71 bits per heavy atom. The molecule has 0 unspecified atom stereocenters. The zero-order valence-corrected chi connectivity index (χ0v) is 15.2. The van der Waals surface area contributed by atoms with Crippen molar-refractivity contribution in [3.05, 3.63) is 53.1 Å². The Kier molecular flexibility index (Phi) is 4.87. The van der Waals surface area contributed by atoms with E-state index < -0.39 is 0 Å². The van der Waals surface area contributed by atoms with E-state index in [4.69, 9.17) is 12.2 Å². The minimum atomic E-state index is 0.0119. The van der Waals surface area contributed by atoms with Crippen molar-refractivity contribution >= 4 is 17.3 Å². The third-order valence-electron chi connectivity index (χ3n) is 4.89. The molecule has 3 heterocycles. The molecular weight excluding hydrogens is 320 g/mol. The minimum Gasteiger partial charge on any atom is -0.396 e. The number of aliphatic hydroxyl groups is 1. The Labute approximate surface area is 148 Å². The fraction of sp³-hybridized carbons (Fsp3) is 0.444. The summed E-state index contributed by atoms with van der Waals surface area (Å²) in [4.78, 5) is 6.73. The summed E-state index contributed by atoms with van der Waals surface area (Å²) in [6.45, 7) is 5.14. The summed E-state index contributed by atoms with van der Waals surface area (Å²) in [5, 5.41) is 13.4. The lowest BCUT2D eigenvalue weighted by molar-refractivity contribution is 0.247. The highest BCUT2D eigenvalue weighted by Crippen LogP contribution is 2.40. The molecule has 3 rings (SSSR count). The number of aryl methyl sites for hydroxylation is 1. The molecule has 1 aliphatic rings. The molecule has 0 aromatic carbocycles. The number of rotatable bonds is 5. The van der Waals surface area contributed by atoms with Crippen molar-refractivity contribution < 1.29 is 5.11 Å². The first-order chi connectivity index (χ1) is 11.5. The maximum Gasteiger partial charge on any atom is 0.170 e. The van der Waals surface area contributed by atoms with Gasteiger partial charge in [-0.1, -0.05) is 6.07 Å². The smallest absolute Gasteiger partial charge is 0.170 e. The fourth-order valence-electron chi connectivity index (χ4n) is 3.41. The van der Waals surface area contributed by atoms with Crippen LogP contribution in [0.15, 0.2) is 30.5 Å². The van der Waals surface area contributed by atoms with Gasteiger partial charge in [-0.3, -0.25) is 4.98 Å². The summed E-state index contributed by atoms with van der Waals surface area (Å²) in [6.07, 6.45) is 2.51. The lowest BCUT2D eigenvalue weighted by atomic mass is 9.96. The number of hydrogen-bond donors (Lipinski definition) is 2. The van der Waals surface area contributed by atoms with Crippen LogP contribution >= 0.6 is 12.2 Å². The number of thiocarbonyl (C=S) groups is 1. The van der Waals surface area contributed by atoms with Crippen molar-refractivity contribution in [3.63, 3.8) is 0 Å². The monoisotopic (exact) mass is 344 g/mol. The first kappa shape index (κ1) is 16.9. The predicted octanol–water partition coefficient (Wildman–Crippen LogP) is 2.39. The number of aromatic nitrogens is 2. The molecule has 1 aliphatic heterocycles. The standard InChI is InChI=1S/C18H24N4OS/c1-12-11-14(13(2)21(12)3)17-16(15-7-4-5-8-19-15)20-18(24)22(17)9-6-10-23/h4-5,7-8,11,16-17,23H,6,9-10H2,1-3H3,(H,20,24)/t16-,17-/m1/s1. The van der Waals surface area contributed by atoms with Crippen molar-refractivity contribution in [3.8, 4) is 0 Å². The SMILES string of the molecule is Cc1cc([C@@H]2[C@@H](c3ccccn3)NC(=S)N2CCCO)c(C)n1C. The maximum atomic E-state index is 9.25. The molecule has 0 amide bonds. The molecule has 2 aromatic heterocycles. The van der Waals surface area contributed by atoms with Crippen molar-refractivity contribution in [2.24, 2.45) is 7.05 Å². The number of aliphatic hydroxyl groups excluding tert-OH is 1. The van der Waals surface area contributed by atoms with Crippen molar-refractivity contribution in [2.75, 3.05) is 13.2 Å². The van der Waals surface area contributed by atoms with Crippen LogP contribution < -0.4 is 5.32 Å². The van der Waals surface area contributed by atoms with Crippen LogP contribution in [-0.2, 0) is 7.05 Å². The van der Waals surface area contributed by atoms with Crippen molar-refractivity contribution in [1.82, 2.24) is 19.8 Å². The summed E-state index contributed by atoms with van der Waals surface area (Å²) in [7, 11) is 2.09. The topological polar surface area (TPSA) is 53.3 Å². The summed E-state index contributed by atoms with van der Waals surface area (Å²) < 4.78 is 2.20. The average Bonchev–Trinajstić information content (AvgIpc) is 3.05. The van der Waals surface area contributed by atoms with E-state index in [0.717, 1.165) is 17.4 Å². The molecule has 2 atom stereocenters. The summed E-state index contributed by atoms with van der Waals surface area (Å²) in [5.74, 6) is 0. The molecule has 0 radical (unpaired) electrons. The highest BCUT2D eigenvalue weighted by Gasteiger charge is 2.40. The number of pyridine rings is 1. The van der Waals surface area contributed by atoms with Gasteiger partial charge in [-0.25, -0.2) is 0 Å². The summed E-state index contributed by atoms with van der Waals surface area (Å²) >= 11 is 5.59. The second kappa shape index (κ2) is 6.91. The van der Waals surface area contributed by atoms with Crippen molar-refractivity contribution in [1.29, 1.82) is 0 Å².